The lowest BCUT2D eigenvalue weighted by molar-refractivity contribution is 0.753. The Morgan fingerprint density at radius 2 is 1.77 bits per heavy atom. The van der Waals surface area contributed by atoms with E-state index >= 15 is 0 Å². The summed E-state index contributed by atoms with van der Waals surface area (Å²) in [7, 11) is 0. The molecule has 3 nitrogen and oxygen atoms in total. The number of imidazole rings is 1. The van der Waals surface area contributed by atoms with Gasteiger partial charge in [0.05, 0.1) is 18.0 Å². The molecule has 0 saturated carbocycles. The first-order chi connectivity index (χ1) is 14.1. The minimum Gasteiger partial charge on any atom is -0.330 e. The maximum Gasteiger partial charge on any atom is 0.0991 e. The molecule has 30 heavy (non-hydrogen) atoms. The molecule has 1 heterocycles. The second-order valence-electron chi connectivity index (χ2n) is 7.16. The summed E-state index contributed by atoms with van der Waals surface area (Å²) in [6.07, 6.45) is 4.57. The summed E-state index contributed by atoms with van der Waals surface area (Å²) in [5.41, 5.74) is 7.76. The number of aryl methyl sites for hydroxylation is 1. The number of benzene rings is 3. The van der Waals surface area contributed by atoms with Gasteiger partial charge in [-0.1, -0.05) is 54.1 Å². The minimum absolute atomic E-state index is 0. The van der Waals surface area contributed by atoms with Gasteiger partial charge in [-0.2, -0.15) is 5.26 Å². The molecule has 0 saturated heterocycles. The number of nitriles is 1. The molecule has 4 aromatic rings. The van der Waals surface area contributed by atoms with E-state index in [1.807, 2.05) is 55.0 Å². The van der Waals surface area contributed by atoms with Crippen LogP contribution >= 0.6 is 24.0 Å². The standard InChI is InChI=1S/C25H20ClN3.ClH/c1-18-11-21(9-10-25(18)22-3-2-4-23(26)13-22)16-29-17-28-15-24(29)12-19-5-7-20(14-27)8-6-19;/h2-11,13,15,17H,12,16H2,1H3;1H. The molecule has 0 amide bonds. The summed E-state index contributed by atoms with van der Waals surface area (Å²) in [6.45, 7) is 2.90. The van der Waals surface area contributed by atoms with Crippen LogP contribution in [-0.4, -0.2) is 9.55 Å². The number of halogens is 2. The predicted molar refractivity (Wildman–Crippen MR) is 124 cm³/mol. The van der Waals surface area contributed by atoms with Gasteiger partial charge in [-0.15, -0.1) is 12.4 Å². The van der Waals surface area contributed by atoms with Crippen LogP contribution < -0.4 is 0 Å². The quantitative estimate of drug-likeness (QED) is 0.363. The van der Waals surface area contributed by atoms with Crippen molar-refractivity contribution >= 4 is 24.0 Å². The van der Waals surface area contributed by atoms with Crippen molar-refractivity contribution in [3.8, 4) is 17.2 Å². The summed E-state index contributed by atoms with van der Waals surface area (Å²) < 4.78 is 2.17. The van der Waals surface area contributed by atoms with Gasteiger partial charge in [0.25, 0.3) is 0 Å². The molecule has 0 N–H and O–H groups in total. The molecule has 5 heteroatoms. The Kier molecular flexibility index (Phi) is 6.95. The fourth-order valence-electron chi connectivity index (χ4n) is 3.54. The van der Waals surface area contributed by atoms with Gasteiger partial charge in [0, 0.05) is 29.9 Å². The lowest BCUT2D eigenvalue weighted by Gasteiger charge is -2.12. The zero-order valence-corrected chi connectivity index (χ0v) is 18.1. The van der Waals surface area contributed by atoms with Crippen LogP contribution in [0.1, 0.15) is 27.9 Å². The van der Waals surface area contributed by atoms with Crippen molar-refractivity contribution in [1.29, 1.82) is 5.26 Å². The smallest absolute Gasteiger partial charge is 0.0991 e. The summed E-state index contributed by atoms with van der Waals surface area (Å²) in [5.74, 6) is 0. The number of hydrogen-bond acceptors (Lipinski definition) is 2. The SMILES string of the molecule is Cc1cc(Cn2cncc2Cc2ccc(C#N)cc2)ccc1-c1cccc(Cl)c1.Cl. The first-order valence-electron chi connectivity index (χ1n) is 9.46. The van der Waals surface area contributed by atoms with Gasteiger partial charge in [0.1, 0.15) is 0 Å². The summed E-state index contributed by atoms with van der Waals surface area (Å²) >= 11 is 6.15. The molecule has 0 bridgehead atoms. The highest BCUT2D eigenvalue weighted by atomic mass is 35.5. The molecule has 150 valence electrons. The average molecular weight is 434 g/mol. The van der Waals surface area contributed by atoms with Crippen molar-refractivity contribution in [2.45, 2.75) is 19.9 Å². The van der Waals surface area contributed by atoms with E-state index in [9.17, 15) is 0 Å². The monoisotopic (exact) mass is 433 g/mol. The molecule has 0 unspecified atom stereocenters. The molecule has 0 fully saturated rings. The third kappa shape index (κ3) is 4.91. The third-order valence-corrected chi connectivity index (χ3v) is 5.28. The van der Waals surface area contributed by atoms with E-state index in [1.165, 1.54) is 22.3 Å². The predicted octanol–water partition coefficient (Wildman–Crippen LogP) is 6.44. The third-order valence-electron chi connectivity index (χ3n) is 5.05. The van der Waals surface area contributed by atoms with E-state index < -0.39 is 0 Å². The maximum absolute atomic E-state index is 8.95. The second-order valence-corrected chi connectivity index (χ2v) is 7.59. The molecule has 4 rings (SSSR count). The molecule has 0 spiro atoms. The van der Waals surface area contributed by atoms with Gasteiger partial charge < -0.3 is 4.57 Å². The van der Waals surface area contributed by atoms with Crippen molar-refractivity contribution in [3.05, 3.63) is 112 Å². The van der Waals surface area contributed by atoms with Crippen LogP contribution in [0.15, 0.2) is 79.3 Å². The van der Waals surface area contributed by atoms with Crippen LogP contribution in [0.25, 0.3) is 11.1 Å². The van der Waals surface area contributed by atoms with E-state index in [0.717, 1.165) is 29.2 Å². The number of nitrogens with zero attached hydrogens (tertiary/aromatic N) is 3. The summed E-state index contributed by atoms with van der Waals surface area (Å²) in [6, 6.07) is 24.4. The van der Waals surface area contributed by atoms with E-state index in [1.54, 1.807) is 0 Å². The zero-order valence-electron chi connectivity index (χ0n) is 16.5. The van der Waals surface area contributed by atoms with E-state index in [2.05, 4.69) is 46.8 Å². The average Bonchev–Trinajstić information content (AvgIpc) is 3.15. The van der Waals surface area contributed by atoms with Crippen molar-refractivity contribution in [1.82, 2.24) is 9.55 Å². The highest BCUT2D eigenvalue weighted by molar-refractivity contribution is 6.30. The first kappa shape index (κ1) is 21.6. The van der Waals surface area contributed by atoms with Gasteiger partial charge in [-0.25, -0.2) is 4.98 Å². The molecular formula is C25H21Cl2N3. The van der Waals surface area contributed by atoms with Gasteiger partial charge in [-0.05, 0) is 59.0 Å². The molecule has 0 aliphatic rings. The fraction of sp³-hybridized carbons (Fsp3) is 0.120. The fourth-order valence-corrected chi connectivity index (χ4v) is 3.74. The Hall–Kier alpha value is -3.06. The Balaban J connectivity index is 0.00000256. The van der Waals surface area contributed by atoms with Gasteiger partial charge in [0.15, 0.2) is 0 Å². The van der Waals surface area contributed by atoms with Crippen molar-refractivity contribution < 1.29 is 0 Å². The highest BCUT2D eigenvalue weighted by Crippen LogP contribution is 2.27. The van der Waals surface area contributed by atoms with E-state index in [-0.39, 0.29) is 12.4 Å². The molecule has 0 aliphatic carbocycles. The Morgan fingerprint density at radius 3 is 2.47 bits per heavy atom. The maximum atomic E-state index is 8.95. The highest BCUT2D eigenvalue weighted by Gasteiger charge is 2.08. The summed E-state index contributed by atoms with van der Waals surface area (Å²) in [5, 5.41) is 9.70. The lowest BCUT2D eigenvalue weighted by Crippen LogP contribution is -2.04. The molecule has 0 aliphatic heterocycles. The molecule has 3 aromatic carbocycles. The van der Waals surface area contributed by atoms with Crippen LogP contribution in [0.2, 0.25) is 5.02 Å². The molecule has 0 radical (unpaired) electrons. The normalized spacial score (nSPS) is 10.3. The summed E-state index contributed by atoms with van der Waals surface area (Å²) in [4.78, 5) is 4.34. The minimum atomic E-state index is 0. The van der Waals surface area contributed by atoms with Crippen molar-refractivity contribution in [2.75, 3.05) is 0 Å². The Morgan fingerprint density at radius 1 is 1.00 bits per heavy atom. The Labute approximate surface area is 188 Å². The van der Waals surface area contributed by atoms with Gasteiger partial charge in [0.2, 0.25) is 0 Å². The lowest BCUT2D eigenvalue weighted by atomic mass is 9.98. The molecule has 0 atom stereocenters. The second kappa shape index (κ2) is 9.63. The van der Waals surface area contributed by atoms with Crippen LogP contribution in [0.4, 0.5) is 0 Å². The van der Waals surface area contributed by atoms with Crippen molar-refractivity contribution in [2.24, 2.45) is 0 Å². The molecular weight excluding hydrogens is 413 g/mol. The molecule has 1 aromatic heterocycles. The van der Waals surface area contributed by atoms with E-state index in [0.29, 0.717) is 5.56 Å². The van der Waals surface area contributed by atoms with Gasteiger partial charge in [-0.3, -0.25) is 0 Å². The number of hydrogen-bond donors (Lipinski definition) is 0. The zero-order chi connectivity index (χ0) is 20.2. The topological polar surface area (TPSA) is 41.6 Å². The van der Waals surface area contributed by atoms with Crippen LogP contribution in [-0.2, 0) is 13.0 Å². The number of rotatable bonds is 5. The largest absolute Gasteiger partial charge is 0.330 e. The number of aromatic nitrogens is 2. The van der Waals surface area contributed by atoms with Crippen LogP contribution in [0.5, 0.6) is 0 Å². The van der Waals surface area contributed by atoms with Gasteiger partial charge >= 0.3 is 0 Å². The van der Waals surface area contributed by atoms with E-state index in [4.69, 9.17) is 16.9 Å². The first-order valence-corrected chi connectivity index (χ1v) is 9.84. The Bertz CT molecular complexity index is 1190. The van der Waals surface area contributed by atoms with Crippen molar-refractivity contribution in [3.63, 3.8) is 0 Å². The van der Waals surface area contributed by atoms with Crippen LogP contribution in [0, 0.1) is 18.3 Å². The van der Waals surface area contributed by atoms with Crippen LogP contribution in [0.3, 0.4) is 0 Å².